The maximum atomic E-state index is 13.3. The normalized spacial score (nSPS) is 31.3. The molecule has 1 saturated heterocycles. The lowest BCUT2D eigenvalue weighted by Gasteiger charge is -2.33. The number of carbonyl (C=O) groups excluding carboxylic acids is 3. The van der Waals surface area contributed by atoms with Gasteiger partial charge >= 0.3 is 5.97 Å². The van der Waals surface area contributed by atoms with Crippen LogP contribution in [0, 0.1) is 23.7 Å². The number of rotatable bonds is 8. The van der Waals surface area contributed by atoms with E-state index in [4.69, 9.17) is 4.74 Å². The van der Waals surface area contributed by atoms with Crippen molar-refractivity contribution in [3.8, 4) is 0 Å². The summed E-state index contributed by atoms with van der Waals surface area (Å²) in [5, 5.41) is 12.7. The van der Waals surface area contributed by atoms with Gasteiger partial charge in [0, 0.05) is 12.0 Å². The van der Waals surface area contributed by atoms with E-state index in [1.807, 2.05) is 32.9 Å². The van der Waals surface area contributed by atoms with Crippen molar-refractivity contribution >= 4 is 17.8 Å². The highest BCUT2D eigenvalue weighted by Gasteiger charge is 2.58. The number of likely N-dealkylation sites (tertiary alicyclic amines) is 1. The first-order valence-electron chi connectivity index (χ1n) is 10.4. The van der Waals surface area contributed by atoms with E-state index in [2.05, 4.69) is 5.32 Å². The second kappa shape index (κ2) is 9.54. The van der Waals surface area contributed by atoms with Crippen molar-refractivity contribution in [3.63, 3.8) is 0 Å². The van der Waals surface area contributed by atoms with Crippen molar-refractivity contribution in [1.82, 2.24) is 10.2 Å². The van der Waals surface area contributed by atoms with Gasteiger partial charge in [0.15, 0.2) is 0 Å². The summed E-state index contributed by atoms with van der Waals surface area (Å²) >= 11 is 0. The summed E-state index contributed by atoms with van der Waals surface area (Å²) in [5.41, 5.74) is 0. The average molecular weight is 395 g/mol. The van der Waals surface area contributed by atoms with Gasteiger partial charge in [-0.1, -0.05) is 32.4 Å². The van der Waals surface area contributed by atoms with Gasteiger partial charge in [-0.05, 0) is 33.1 Å². The van der Waals surface area contributed by atoms with Crippen LogP contribution in [-0.4, -0.2) is 59.1 Å². The molecule has 0 aromatic rings. The third kappa shape index (κ3) is 4.24. The zero-order valence-corrected chi connectivity index (χ0v) is 17.6. The van der Waals surface area contributed by atoms with Crippen molar-refractivity contribution in [1.29, 1.82) is 0 Å². The largest absolute Gasteiger partial charge is 0.466 e. The van der Waals surface area contributed by atoms with E-state index >= 15 is 0 Å². The van der Waals surface area contributed by atoms with Crippen molar-refractivity contribution in [2.75, 3.05) is 13.2 Å². The molecule has 2 rings (SSSR count). The van der Waals surface area contributed by atoms with Crippen LogP contribution in [0.5, 0.6) is 0 Å². The van der Waals surface area contributed by atoms with Crippen molar-refractivity contribution < 1.29 is 24.2 Å². The molecule has 0 aromatic carbocycles. The van der Waals surface area contributed by atoms with E-state index in [1.54, 1.807) is 13.8 Å². The van der Waals surface area contributed by atoms with Gasteiger partial charge in [0.25, 0.3) is 0 Å². The zero-order chi connectivity index (χ0) is 21.0. The monoisotopic (exact) mass is 394 g/mol. The van der Waals surface area contributed by atoms with Gasteiger partial charge in [-0.25, -0.2) is 0 Å². The molecule has 7 heteroatoms. The molecule has 1 fully saturated rings. The second-order valence-electron chi connectivity index (χ2n) is 8.05. The zero-order valence-electron chi connectivity index (χ0n) is 17.6. The van der Waals surface area contributed by atoms with Gasteiger partial charge in [0.1, 0.15) is 6.04 Å². The first-order valence-corrected chi connectivity index (χ1v) is 10.4. The molecule has 0 spiro atoms. The molecule has 0 aromatic heterocycles. The molecule has 1 aliphatic heterocycles. The summed E-state index contributed by atoms with van der Waals surface area (Å²) in [6.07, 6.45) is 5.57. The quantitative estimate of drug-likeness (QED) is 0.480. The van der Waals surface area contributed by atoms with Crippen LogP contribution in [0.4, 0.5) is 0 Å². The summed E-state index contributed by atoms with van der Waals surface area (Å²) in [7, 11) is 0. The lowest BCUT2D eigenvalue weighted by atomic mass is 9.70. The molecule has 1 aliphatic carbocycles. The Hall–Kier alpha value is -1.89. The number of hydrogen-bond donors (Lipinski definition) is 2. The Kier molecular flexibility index (Phi) is 7.63. The summed E-state index contributed by atoms with van der Waals surface area (Å²) < 4.78 is 5.23. The van der Waals surface area contributed by atoms with Crippen LogP contribution in [-0.2, 0) is 19.1 Å². The first kappa shape index (κ1) is 22.4. The van der Waals surface area contributed by atoms with Crippen LogP contribution >= 0.6 is 0 Å². The highest BCUT2D eigenvalue weighted by atomic mass is 16.5. The minimum absolute atomic E-state index is 0.00900. The van der Waals surface area contributed by atoms with Crippen LogP contribution < -0.4 is 5.32 Å². The number of carbonyl (C=O) groups is 3. The van der Waals surface area contributed by atoms with Gasteiger partial charge in [-0.3, -0.25) is 14.4 Å². The Labute approximate surface area is 167 Å². The average Bonchev–Trinajstić information content (AvgIpc) is 2.94. The summed E-state index contributed by atoms with van der Waals surface area (Å²) in [6.45, 7) is 9.33. The predicted octanol–water partition coefficient (Wildman–Crippen LogP) is 1.50. The molecule has 1 heterocycles. The number of nitrogens with zero attached hydrogens (tertiary/aromatic N) is 1. The van der Waals surface area contributed by atoms with E-state index in [0.29, 0.717) is 0 Å². The van der Waals surface area contributed by atoms with Gasteiger partial charge in [-0.15, -0.1) is 0 Å². The number of aliphatic hydroxyl groups excluding tert-OH is 1. The Morgan fingerprint density at radius 1 is 1.29 bits per heavy atom. The number of hydrogen-bond acceptors (Lipinski definition) is 5. The number of nitrogens with one attached hydrogen (secondary N) is 1. The maximum absolute atomic E-state index is 13.3. The van der Waals surface area contributed by atoms with Crippen LogP contribution in [0.2, 0.25) is 0 Å². The Morgan fingerprint density at radius 3 is 2.54 bits per heavy atom. The maximum Gasteiger partial charge on any atom is 0.310 e. The number of ether oxygens (including phenoxy) is 1. The van der Waals surface area contributed by atoms with Crippen molar-refractivity contribution in [2.24, 2.45) is 23.7 Å². The molecule has 0 saturated carbocycles. The molecule has 2 N–H and O–H groups in total. The van der Waals surface area contributed by atoms with E-state index < -0.39 is 35.8 Å². The lowest BCUT2D eigenvalue weighted by Crippen LogP contribution is -2.52. The summed E-state index contributed by atoms with van der Waals surface area (Å²) in [5.74, 6) is -2.74. The summed E-state index contributed by atoms with van der Waals surface area (Å²) in [4.78, 5) is 40.5. The SMILES string of the molecule is CCCC(C)NC(=O)[C@@H]1[C@H]2C=C[C@@H](C)[C@@H](C(=O)OCC)[C@@H]2C(=O)N1[C@H](C)CO. The van der Waals surface area contributed by atoms with Crippen LogP contribution in [0.25, 0.3) is 0 Å². The molecule has 28 heavy (non-hydrogen) atoms. The third-order valence-electron chi connectivity index (χ3n) is 5.89. The highest BCUT2D eigenvalue weighted by Crippen LogP contribution is 2.45. The topological polar surface area (TPSA) is 95.9 Å². The van der Waals surface area contributed by atoms with Crippen LogP contribution in [0.3, 0.4) is 0 Å². The minimum atomic E-state index is -0.736. The van der Waals surface area contributed by atoms with Gasteiger partial charge < -0.3 is 20.1 Å². The van der Waals surface area contributed by atoms with E-state index in [9.17, 15) is 19.5 Å². The molecular weight excluding hydrogens is 360 g/mol. The molecule has 2 amide bonds. The molecule has 0 radical (unpaired) electrons. The molecule has 2 aliphatic rings. The fourth-order valence-corrected chi connectivity index (χ4v) is 4.54. The predicted molar refractivity (Wildman–Crippen MR) is 105 cm³/mol. The van der Waals surface area contributed by atoms with Crippen LogP contribution in [0.15, 0.2) is 12.2 Å². The fraction of sp³-hybridized carbons (Fsp3) is 0.762. The number of aliphatic hydroxyl groups is 1. The number of esters is 1. The highest BCUT2D eigenvalue weighted by molar-refractivity contribution is 5.96. The lowest BCUT2D eigenvalue weighted by molar-refractivity contribution is -0.155. The fourth-order valence-electron chi connectivity index (χ4n) is 4.54. The van der Waals surface area contributed by atoms with Crippen LogP contribution in [0.1, 0.15) is 47.5 Å². The number of allylic oxidation sites excluding steroid dienone is 1. The van der Waals surface area contributed by atoms with Gasteiger partial charge in [-0.2, -0.15) is 0 Å². The molecule has 158 valence electrons. The van der Waals surface area contributed by atoms with E-state index in [-0.39, 0.29) is 37.0 Å². The molecule has 1 unspecified atom stereocenters. The van der Waals surface area contributed by atoms with Crippen molar-refractivity contribution in [2.45, 2.75) is 65.6 Å². The molecule has 7 nitrogen and oxygen atoms in total. The second-order valence-corrected chi connectivity index (χ2v) is 8.05. The van der Waals surface area contributed by atoms with Gasteiger partial charge in [0.05, 0.1) is 31.1 Å². The Balaban J connectivity index is 2.40. The number of fused-ring (bicyclic) bond motifs is 1. The smallest absolute Gasteiger partial charge is 0.310 e. The van der Waals surface area contributed by atoms with E-state index in [1.165, 1.54) is 4.90 Å². The van der Waals surface area contributed by atoms with Gasteiger partial charge in [0.2, 0.25) is 11.8 Å². The van der Waals surface area contributed by atoms with E-state index in [0.717, 1.165) is 12.8 Å². The summed E-state index contributed by atoms with van der Waals surface area (Å²) in [6, 6.07) is -1.26. The first-order chi connectivity index (χ1) is 13.3. The molecular formula is C21H34N2O5. The standard InChI is InChI=1S/C21H34N2O5/c1-6-8-13(4)22-19(25)18-15-10-9-12(3)16(21(27)28-7-2)17(15)20(26)23(18)14(5)11-24/h9-10,12-18,24H,6-8,11H2,1-5H3,(H,22,25)/t12-,13?,14-,15+,16-,17-,18+/m1/s1. The third-order valence-corrected chi connectivity index (χ3v) is 5.89. The van der Waals surface area contributed by atoms with Crippen molar-refractivity contribution in [3.05, 3.63) is 12.2 Å². The molecule has 7 atom stereocenters. The molecule has 0 bridgehead atoms. The Morgan fingerprint density at radius 2 is 1.96 bits per heavy atom. The Bertz CT molecular complexity index is 620. The minimum Gasteiger partial charge on any atom is -0.466 e. The number of amides is 2.